The van der Waals surface area contributed by atoms with Crippen LogP contribution in [-0.2, 0) is 6.61 Å². The van der Waals surface area contributed by atoms with Gasteiger partial charge < -0.3 is 10.1 Å². The van der Waals surface area contributed by atoms with E-state index in [9.17, 15) is 4.79 Å². The molecule has 0 bridgehead atoms. The molecule has 3 nitrogen and oxygen atoms in total. The lowest BCUT2D eigenvalue weighted by atomic mass is 10.3. The molecule has 106 valence electrons. The second-order valence-corrected chi connectivity index (χ2v) is 5.44. The van der Waals surface area contributed by atoms with Crippen LogP contribution in [0.2, 0.25) is 0 Å². The minimum Gasteiger partial charge on any atom is -0.489 e. The van der Waals surface area contributed by atoms with E-state index in [1.165, 1.54) is 11.3 Å². The number of ether oxygens (including phenoxy) is 1. The molecule has 2 aromatic rings. The highest BCUT2D eigenvalue weighted by Crippen LogP contribution is 2.17. The van der Waals surface area contributed by atoms with Crippen molar-refractivity contribution in [1.29, 1.82) is 0 Å². The second-order valence-electron chi connectivity index (χ2n) is 4.53. The number of para-hydroxylation sites is 1. The Bertz CT molecular complexity index is 536. The third-order valence-electron chi connectivity index (χ3n) is 2.84. The smallest absolute Gasteiger partial charge is 0.261 e. The maximum absolute atomic E-state index is 11.9. The Morgan fingerprint density at radius 3 is 2.85 bits per heavy atom. The van der Waals surface area contributed by atoms with E-state index in [1.54, 1.807) is 0 Å². The van der Waals surface area contributed by atoms with Gasteiger partial charge in [0.25, 0.3) is 5.91 Å². The molecule has 0 radical (unpaired) electrons. The number of benzene rings is 1. The van der Waals surface area contributed by atoms with Gasteiger partial charge in [0.15, 0.2) is 0 Å². The first kappa shape index (κ1) is 14.6. The average Bonchev–Trinajstić information content (AvgIpc) is 2.95. The highest BCUT2D eigenvalue weighted by Gasteiger charge is 2.08. The number of carbonyl (C=O) groups excluding carboxylic acids is 1. The molecule has 1 N–H and O–H groups in total. The van der Waals surface area contributed by atoms with Gasteiger partial charge in [-0.05, 0) is 30.0 Å². The van der Waals surface area contributed by atoms with E-state index in [0.717, 1.165) is 35.6 Å². The number of thiophene rings is 1. The molecule has 20 heavy (non-hydrogen) atoms. The Morgan fingerprint density at radius 2 is 2.10 bits per heavy atom. The Balaban J connectivity index is 1.84. The van der Waals surface area contributed by atoms with Crippen LogP contribution >= 0.6 is 11.3 Å². The number of hydrogen-bond acceptors (Lipinski definition) is 3. The Hall–Kier alpha value is -1.81. The monoisotopic (exact) mass is 289 g/mol. The maximum atomic E-state index is 11.9. The molecular formula is C16H19NO2S. The van der Waals surface area contributed by atoms with E-state index in [0.29, 0.717) is 6.61 Å². The van der Waals surface area contributed by atoms with Crippen LogP contribution in [0.1, 0.15) is 35.0 Å². The van der Waals surface area contributed by atoms with Gasteiger partial charge in [-0.15, -0.1) is 11.3 Å². The summed E-state index contributed by atoms with van der Waals surface area (Å²) in [4.78, 5) is 12.6. The summed E-state index contributed by atoms with van der Waals surface area (Å²) in [5, 5.41) is 4.89. The lowest BCUT2D eigenvalue weighted by Gasteiger charge is -2.03. The third-order valence-corrected chi connectivity index (χ3v) is 3.82. The van der Waals surface area contributed by atoms with Crippen LogP contribution < -0.4 is 10.1 Å². The molecule has 0 aliphatic rings. The Morgan fingerprint density at radius 1 is 1.30 bits per heavy atom. The Labute approximate surface area is 123 Å². The van der Waals surface area contributed by atoms with Crippen molar-refractivity contribution in [1.82, 2.24) is 5.32 Å². The van der Waals surface area contributed by atoms with Crippen LogP contribution in [0.4, 0.5) is 0 Å². The molecule has 1 heterocycles. The van der Waals surface area contributed by atoms with Crippen LogP contribution in [0, 0.1) is 0 Å². The molecule has 0 aliphatic carbocycles. The van der Waals surface area contributed by atoms with Crippen molar-refractivity contribution in [3.8, 4) is 5.75 Å². The van der Waals surface area contributed by atoms with Crippen LogP contribution in [0.15, 0.2) is 41.8 Å². The molecule has 0 fully saturated rings. The number of rotatable bonds is 7. The topological polar surface area (TPSA) is 38.3 Å². The zero-order chi connectivity index (χ0) is 14.2. The molecule has 0 saturated heterocycles. The van der Waals surface area contributed by atoms with Crippen molar-refractivity contribution >= 4 is 17.2 Å². The number of nitrogens with one attached hydrogen (secondary N) is 1. The van der Waals surface area contributed by atoms with Gasteiger partial charge in [0.1, 0.15) is 12.4 Å². The van der Waals surface area contributed by atoms with E-state index in [4.69, 9.17) is 4.74 Å². The first-order chi connectivity index (χ1) is 9.79. The van der Waals surface area contributed by atoms with Crippen molar-refractivity contribution in [2.24, 2.45) is 0 Å². The van der Waals surface area contributed by atoms with Gasteiger partial charge in [0.05, 0.1) is 4.88 Å². The average molecular weight is 289 g/mol. The molecule has 0 unspecified atom stereocenters. The molecule has 0 atom stereocenters. The lowest BCUT2D eigenvalue weighted by molar-refractivity contribution is 0.0957. The molecule has 4 heteroatoms. The minimum atomic E-state index is 0.00871. The summed E-state index contributed by atoms with van der Waals surface area (Å²) in [6.07, 6.45) is 2.10. The normalized spacial score (nSPS) is 10.2. The molecule has 1 amide bonds. The summed E-state index contributed by atoms with van der Waals surface area (Å²) in [6, 6.07) is 11.6. The third kappa shape index (κ3) is 4.38. The fraction of sp³-hybridized carbons (Fsp3) is 0.312. The van der Waals surface area contributed by atoms with E-state index in [2.05, 4.69) is 12.2 Å². The zero-order valence-corrected chi connectivity index (χ0v) is 12.4. The number of unbranched alkanes of at least 4 members (excludes halogenated alkanes) is 1. The molecule has 0 aliphatic heterocycles. The van der Waals surface area contributed by atoms with Crippen molar-refractivity contribution in [2.75, 3.05) is 6.54 Å². The summed E-state index contributed by atoms with van der Waals surface area (Å²) in [6.45, 7) is 3.34. The number of amides is 1. The highest BCUT2D eigenvalue weighted by molar-refractivity contribution is 7.12. The van der Waals surface area contributed by atoms with Crippen molar-refractivity contribution in [3.05, 3.63) is 52.2 Å². The minimum absolute atomic E-state index is 0.00871. The fourth-order valence-corrected chi connectivity index (χ4v) is 2.53. The van der Waals surface area contributed by atoms with E-state index >= 15 is 0 Å². The number of carbonyl (C=O) groups is 1. The summed E-state index contributed by atoms with van der Waals surface area (Å²) in [7, 11) is 0. The van der Waals surface area contributed by atoms with E-state index in [-0.39, 0.29) is 5.91 Å². The fourth-order valence-electron chi connectivity index (χ4n) is 1.72. The SMILES string of the molecule is CCCCNC(=O)c1cc(COc2ccccc2)cs1. The largest absolute Gasteiger partial charge is 0.489 e. The van der Waals surface area contributed by atoms with Crippen LogP contribution in [0.25, 0.3) is 0 Å². The first-order valence-corrected chi connectivity index (χ1v) is 7.71. The Kier molecular flexibility index (Phi) is 5.62. The predicted octanol–water partition coefficient (Wildman–Crippen LogP) is 3.86. The summed E-state index contributed by atoms with van der Waals surface area (Å²) < 4.78 is 5.66. The predicted molar refractivity (Wildman–Crippen MR) is 82.3 cm³/mol. The highest BCUT2D eigenvalue weighted by atomic mass is 32.1. The van der Waals surface area contributed by atoms with Gasteiger partial charge in [-0.25, -0.2) is 0 Å². The summed E-state index contributed by atoms with van der Waals surface area (Å²) in [5.41, 5.74) is 1.03. The van der Waals surface area contributed by atoms with Crippen LogP contribution in [0.5, 0.6) is 5.75 Å². The molecular weight excluding hydrogens is 270 g/mol. The summed E-state index contributed by atoms with van der Waals surface area (Å²) in [5.74, 6) is 0.849. The van der Waals surface area contributed by atoms with Crippen molar-refractivity contribution in [3.63, 3.8) is 0 Å². The van der Waals surface area contributed by atoms with Gasteiger partial charge in [0.2, 0.25) is 0 Å². The van der Waals surface area contributed by atoms with Gasteiger partial charge >= 0.3 is 0 Å². The molecule has 1 aromatic heterocycles. The standard InChI is InChI=1S/C16H19NO2S/c1-2-3-9-17-16(18)15-10-13(12-20-15)11-19-14-7-5-4-6-8-14/h4-8,10,12H,2-3,9,11H2,1H3,(H,17,18). The molecule has 2 rings (SSSR count). The van der Waals surface area contributed by atoms with E-state index in [1.807, 2.05) is 41.8 Å². The van der Waals surface area contributed by atoms with Crippen LogP contribution in [-0.4, -0.2) is 12.5 Å². The summed E-state index contributed by atoms with van der Waals surface area (Å²) >= 11 is 1.46. The molecule has 1 aromatic carbocycles. The zero-order valence-electron chi connectivity index (χ0n) is 11.6. The van der Waals surface area contributed by atoms with Gasteiger partial charge in [-0.3, -0.25) is 4.79 Å². The van der Waals surface area contributed by atoms with Gasteiger partial charge in [-0.2, -0.15) is 0 Å². The van der Waals surface area contributed by atoms with Crippen molar-refractivity contribution in [2.45, 2.75) is 26.4 Å². The molecule has 0 saturated carbocycles. The maximum Gasteiger partial charge on any atom is 0.261 e. The quantitative estimate of drug-likeness (QED) is 0.786. The lowest BCUT2D eigenvalue weighted by Crippen LogP contribution is -2.23. The van der Waals surface area contributed by atoms with Gasteiger partial charge in [-0.1, -0.05) is 31.5 Å². The second kappa shape index (κ2) is 7.70. The molecule has 0 spiro atoms. The van der Waals surface area contributed by atoms with E-state index < -0.39 is 0 Å². The van der Waals surface area contributed by atoms with Crippen LogP contribution in [0.3, 0.4) is 0 Å². The first-order valence-electron chi connectivity index (χ1n) is 6.83. The van der Waals surface area contributed by atoms with Gasteiger partial charge in [0, 0.05) is 12.1 Å². The van der Waals surface area contributed by atoms with Crippen molar-refractivity contribution < 1.29 is 9.53 Å². The number of hydrogen-bond donors (Lipinski definition) is 1.